The van der Waals surface area contributed by atoms with E-state index in [0.29, 0.717) is 6.54 Å². The number of nitrogens with two attached hydrogens (primary N) is 1. The maximum atomic E-state index is 5.96. The molecule has 0 aliphatic carbocycles. The Labute approximate surface area is 119 Å². The minimum Gasteiger partial charge on any atom is -0.464 e. The Morgan fingerprint density at radius 3 is 2.84 bits per heavy atom. The lowest BCUT2D eigenvalue weighted by molar-refractivity contribution is 0.611. The van der Waals surface area contributed by atoms with E-state index in [-0.39, 0.29) is 0 Å². The summed E-state index contributed by atoms with van der Waals surface area (Å²) in [4.78, 5) is 0. The van der Waals surface area contributed by atoms with Crippen molar-refractivity contribution >= 4 is 38.3 Å². The van der Waals surface area contributed by atoms with Crippen LogP contribution in [0.1, 0.15) is 5.56 Å². The Hall–Kier alpha value is -1.94. The monoisotopic (exact) mass is 316 g/mol. The summed E-state index contributed by atoms with van der Waals surface area (Å²) in [6.07, 6.45) is 1.78. The van der Waals surface area contributed by atoms with Crippen molar-refractivity contribution in [2.75, 3.05) is 11.1 Å². The number of nitrogen functional groups attached to an aromatic ring is 1. The smallest absolute Gasteiger partial charge is 0.134 e. The molecule has 3 rings (SSSR count). The van der Waals surface area contributed by atoms with E-state index in [1.54, 1.807) is 6.26 Å². The second-order valence-corrected chi connectivity index (χ2v) is 5.26. The molecule has 3 aromatic rings. The molecule has 0 unspecified atom stereocenters. The molecule has 96 valence electrons. The summed E-state index contributed by atoms with van der Waals surface area (Å²) >= 11 is 3.40. The van der Waals surface area contributed by atoms with Crippen molar-refractivity contribution in [3.05, 3.63) is 58.8 Å². The van der Waals surface area contributed by atoms with Gasteiger partial charge in [-0.2, -0.15) is 0 Å². The highest BCUT2D eigenvalue weighted by Gasteiger charge is 2.05. The highest BCUT2D eigenvalue weighted by molar-refractivity contribution is 9.10. The maximum Gasteiger partial charge on any atom is 0.134 e. The summed E-state index contributed by atoms with van der Waals surface area (Å²) in [7, 11) is 0. The van der Waals surface area contributed by atoms with Crippen LogP contribution in [0.15, 0.2) is 57.6 Å². The number of rotatable bonds is 3. The number of hydrogen-bond donors (Lipinski definition) is 2. The van der Waals surface area contributed by atoms with Crippen LogP contribution in [0.25, 0.3) is 11.0 Å². The zero-order chi connectivity index (χ0) is 13.2. The van der Waals surface area contributed by atoms with Crippen LogP contribution in [-0.4, -0.2) is 0 Å². The Morgan fingerprint density at radius 2 is 2.00 bits per heavy atom. The SMILES string of the molecule is Nc1cc(Br)ccc1NCc1coc2ccccc12. The fourth-order valence-corrected chi connectivity index (χ4v) is 2.43. The number of hydrogen-bond acceptors (Lipinski definition) is 3. The first-order valence-electron chi connectivity index (χ1n) is 5.98. The first-order valence-corrected chi connectivity index (χ1v) is 6.77. The number of nitrogens with one attached hydrogen (secondary N) is 1. The molecule has 0 atom stereocenters. The normalized spacial score (nSPS) is 10.8. The Morgan fingerprint density at radius 1 is 1.16 bits per heavy atom. The zero-order valence-corrected chi connectivity index (χ0v) is 11.8. The number of benzene rings is 2. The van der Waals surface area contributed by atoms with Crippen molar-refractivity contribution < 1.29 is 4.42 Å². The van der Waals surface area contributed by atoms with Crippen molar-refractivity contribution in [1.29, 1.82) is 0 Å². The third-order valence-electron chi connectivity index (χ3n) is 3.04. The third-order valence-corrected chi connectivity index (χ3v) is 3.54. The van der Waals surface area contributed by atoms with Crippen molar-refractivity contribution in [3.63, 3.8) is 0 Å². The fraction of sp³-hybridized carbons (Fsp3) is 0.0667. The van der Waals surface area contributed by atoms with Gasteiger partial charge in [0.15, 0.2) is 0 Å². The van der Waals surface area contributed by atoms with Gasteiger partial charge in [-0.05, 0) is 24.3 Å². The van der Waals surface area contributed by atoms with Crippen molar-refractivity contribution in [2.24, 2.45) is 0 Å². The average molecular weight is 317 g/mol. The molecule has 0 radical (unpaired) electrons. The zero-order valence-electron chi connectivity index (χ0n) is 10.2. The number of halogens is 1. The summed E-state index contributed by atoms with van der Waals surface area (Å²) in [5, 5.41) is 4.46. The molecule has 1 heterocycles. The van der Waals surface area contributed by atoms with Gasteiger partial charge in [-0.3, -0.25) is 0 Å². The maximum absolute atomic E-state index is 5.96. The van der Waals surface area contributed by atoms with E-state index in [4.69, 9.17) is 10.2 Å². The molecule has 4 heteroatoms. The molecule has 0 amide bonds. The number of furan rings is 1. The van der Waals surface area contributed by atoms with Gasteiger partial charge in [-0.15, -0.1) is 0 Å². The Kier molecular flexibility index (Phi) is 3.17. The van der Waals surface area contributed by atoms with Crippen LogP contribution in [0.2, 0.25) is 0 Å². The third kappa shape index (κ3) is 2.44. The molecule has 0 bridgehead atoms. The topological polar surface area (TPSA) is 51.2 Å². The van der Waals surface area contributed by atoms with E-state index in [9.17, 15) is 0 Å². The van der Waals surface area contributed by atoms with Gasteiger partial charge in [0.1, 0.15) is 5.58 Å². The van der Waals surface area contributed by atoms with Gasteiger partial charge in [-0.1, -0.05) is 34.1 Å². The molecule has 3 N–H and O–H groups in total. The molecular formula is C15H13BrN2O. The van der Waals surface area contributed by atoms with Crippen LogP contribution in [0, 0.1) is 0 Å². The van der Waals surface area contributed by atoms with E-state index >= 15 is 0 Å². The van der Waals surface area contributed by atoms with Gasteiger partial charge in [-0.25, -0.2) is 0 Å². The summed E-state index contributed by atoms with van der Waals surface area (Å²) in [5.41, 5.74) is 9.64. The average Bonchev–Trinajstić information content (AvgIpc) is 2.81. The van der Waals surface area contributed by atoms with Crippen molar-refractivity contribution in [3.8, 4) is 0 Å². The van der Waals surface area contributed by atoms with Crippen molar-refractivity contribution in [1.82, 2.24) is 0 Å². The van der Waals surface area contributed by atoms with E-state index in [0.717, 1.165) is 32.4 Å². The molecule has 2 aromatic carbocycles. The number of anilines is 2. The van der Waals surface area contributed by atoms with E-state index < -0.39 is 0 Å². The second kappa shape index (κ2) is 4.97. The van der Waals surface area contributed by atoms with Gasteiger partial charge in [0.2, 0.25) is 0 Å². The summed E-state index contributed by atoms with van der Waals surface area (Å²) < 4.78 is 6.48. The van der Waals surface area contributed by atoms with Gasteiger partial charge in [0, 0.05) is 22.0 Å². The van der Waals surface area contributed by atoms with Crippen LogP contribution in [0.3, 0.4) is 0 Å². The van der Waals surface area contributed by atoms with E-state index in [2.05, 4.69) is 27.3 Å². The van der Waals surface area contributed by atoms with Crippen molar-refractivity contribution in [2.45, 2.75) is 6.54 Å². The lowest BCUT2D eigenvalue weighted by Gasteiger charge is -2.08. The minimum absolute atomic E-state index is 0.683. The first kappa shape index (κ1) is 12.1. The van der Waals surface area contributed by atoms with Crippen LogP contribution in [-0.2, 0) is 6.54 Å². The van der Waals surface area contributed by atoms with Gasteiger partial charge in [0.05, 0.1) is 17.6 Å². The lowest BCUT2D eigenvalue weighted by atomic mass is 10.1. The first-order chi connectivity index (χ1) is 9.24. The second-order valence-electron chi connectivity index (χ2n) is 4.34. The van der Waals surface area contributed by atoms with Gasteiger partial charge >= 0.3 is 0 Å². The van der Waals surface area contributed by atoms with Crippen LogP contribution in [0.5, 0.6) is 0 Å². The van der Waals surface area contributed by atoms with Crippen LogP contribution >= 0.6 is 15.9 Å². The fourth-order valence-electron chi connectivity index (χ4n) is 2.05. The van der Waals surface area contributed by atoms with Crippen LogP contribution < -0.4 is 11.1 Å². The molecule has 0 spiro atoms. The minimum atomic E-state index is 0.683. The number of para-hydroxylation sites is 1. The van der Waals surface area contributed by atoms with E-state index in [1.165, 1.54) is 0 Å². The molecule has 3 nitrogen and oxygen atoms in total. The highest BCUT2D eigenvalue weighted by Crippen LogP contribution is 2.25. The molecule has 19 heavy (non-hydrogen) atoms. The van der Waals surface area contributed by atoms with Gasteiger partial charge in [0.25, 0.3) is 0 Å². The highest BCUT2D eigenvalue weighted by atomic mass is 79.9. The number of fused-ring (bicyclic) bond motifs is 1. The summed E-state index contributed by atoms with van der Waals surface area (Å²) in [6, 6.07) is 13.8. The molecule has 0 saturated heterocycles. The Bertz CT molecular complexity index is 721. The Balaban J connectivity index is 1.82. The molecular weight excluding hydrogens is 304 g/mol. The molecule has 1 aromatic heterocycles. The predicted octanol–water partition coefficient (Wildman–Crippen LogP) is 4.39. The standard InChI is InChI=1S/C15H13BrN2O/c16-11-5-6-14(13(17)7-11)18-8-10-9-19-15-4-2-1-3-12(10)15/h1-7,9,18H,8,17H2. The largest absolute Gasteiger partial charge is 0.464 e. The predicted molar refractivity (Wildman–Crippen MR) is 82.1 cm³/mol. The van der Waals surface area contributed by atoms with Crippen LogP contribution in [0.4, 0.5) is 11.4 Å². The molecule has 0 fully saturated rings. The van der Waals surface area contributed by atoms with Gasteiger partial charge < -0.3 is 15.5 Å². The van der Waals surface area contributed by atoms with E-state index in [1.807, 2.05) is 36.4 Å². The summed E-state index contributed by atoms with van der Waals surface area (Å²) in [5.74, 6) is 0. The molecule has 0 aliphatic heterocycles. The lowest BCUT2D eigenvalue weighted by Crippen LogP contribution is -2.01. The molecule has 0 aliphatic rings. The molecule has 0 saturated carbocycles. The summed E-state index contributed by atoms with van der Waals surface area (Å²) in [6.45, 7) is 0.683. The quantitative estimate of drug-likeness (QED) is 0.704.